The Morgan fingerprint density at radius 2 is 1.75 bits per heavy atom. The monoisotopic (exact) mass is 317 g/mol. The molecule has 0 bridgehead atoms. The van der Waals surface area contributed by atoms with Crippen LogP contribution in [0.2, 0.25) is 0 Å². The van der Waals surface area contributed by atoms with Crippen LogP contribution < -0.4 is 10.5 Å². The molecule has 0 saturated heterocycles. The highest BCUT2D eigenvalue weighted by atomic mass is 16.5. The normalized spacial score (nSPS) is 18.4. The summed E-state index contributed by atoms with van der Waals surface area (Å²) in [5.41, 5.74) is 9.37. The van der Waals surface area contributed by atoms with Crippen LogP contribution in [0.3, 0.4) is 0 Å². The van der Waals surface area contributed by atoms with Gasteiger partial charge in [0.2, 0.25) is 0 Å². The smallest absolute Gasteiger partial charge is 0.118 e. The van der Waals surface area contributed by atoms with Gasteiger partial charge in [-0.15, -0.1) is 0 Å². The van der Waals surface area contributed by atoms with Crippen LogP contribution in [0.1, 0.15) is 5.56 Å². The zero-order chi connectivity index (χ0) is 16.8. The van der Waals surface area contributed by atoms with Gasteiger partial charge in [0, 0.05) is 5.69 Å². The van der Waals surface area contributed by atoms with Gasteiger partial charge in [-0.05, 0) is 53.6 Å². The number of nitrogens with zero attached hydrogens (tertiary/aromatic N) is 2. The maximum Gasteiger partial charge on any atom is 0.118 e. The molecule has 24 heavy (non-hydrogen) atoms. The molecule has 120 valence electrons. The van der Waals surface area contributed by atoms with E-state index in [2.05, 4.69) is 22.4 Å². The third-order valence-corrected chi connectivity index (χ3v) is 3.67. The molecule has 4 nitrogen and oxygen atoms in total. The highest BCUT2D eigenvalue weighted by Gasteiger charge is 2.10. The summed E-state index contributed by atoms with van der Waals surface area (Å²) in [7, 11) is 1.66. The van der Waals surface area contributed by atoms with Gasteiger partial charge in [-0.2, -0.15) is 10.2 Å². The highest BCUT2D eigenvalue weighted by molar-refractivity contribution is 5.60. The fourth-order valence-corrected chi connectivity index (χ4v) is 2.35. The van der Waals surface area contributed by atoms with Gasteiger partial charge in [0.05, 0.1) is 12.8 Å². The Bertz CT molecular complexity index is 800. The van der Waals surface area contributed by atoms with Crippen LogP contribution >= 0.6 is 0 Å². The summed E-state index contributed by atoms with van der Waals surface area (Å²) in [6.07, 6.45) is 10.2. The molecule has 0 heterocycles. The van der Waals surface area contributed by atoms with Gasteiger partial charge in [-0.25, -0.2) is 0 Å². The van der Waals surface area contributed by atoms with Gasteiger partial charge < -0.3 is 10.5 Å². The second-order valence-corrected chi connectivity index (χ2v) is 5.41. The van der Waals surface area contributed by atoms with E-state index >= 15 is 0 Å². The minimum atomic E-state index is -0.102. The molecule has 2 aromatic carbocycles. The molecule has 0 fully saturated rings. The van der Waals surface area contributed by atoms with Gasteiger partial charge >= 0.3 is 0 Å². The molecule has 0 aromatic heterocycles. The number of azo groups is 1. The zero-order valence-electron chi connectivity index (χ0n) is 13.5. The summed E-state index contributed by atoms with van der Waals surface area (Å²) in [5, 5.41) is 8.76. The Morgan fingerprint density at radius 1 is 1.00 bits per heavy atom. The first-order valence-electron chi connectivity index (χ1n) is 7.71. The maximum absolute atomic E-state index is 5.68. The van der Waals surface area contributed by atoms with Crippen LogP contribution in [0.5, 0.6) is 5.75 Å². The van der Waals surface area contributed by atoms with Crippen molar-refractivity contribution in [2.75, 3.05) is 12.8 Å². The summed E-state index contributed by atoms with van der Waals surface area (Å²) < 4.78 is 5.19. The van der Waals surface area contributed by atoms with Crippen LogP contribution in [0.25, 0.3) is 6.08 Å². The third-order valence-electron chi connectivity index (χ3n) is 3.67. The van der Waals surface area contributed by atoms with Crippen LogP contribution in [-0.4, -0.2) is 13.2 Å². The van der Waals surface area contributed by atoms with E-state index in [1.54, 1.807) is 7.11 Å². The first-order valence-corrected chi connectivity index (χ1v) is 7.71. The maximum atomic E-state index is 5.68. The molecule has 4 heteroatoms. The van der Waals surface area contributed by atoms with Crippen LogP contribution in [0.15, 0.2) is 88.6 Å². The zero-order valence-corrected chi connectivity index (χ0v) is 13.5. The van der Waals surface area contributed by atoms with E-state index < -0.39 is 0 Å². The van der Waals surface area contributed by atoms with Gasteiger partial charge in [0.1, 0.15) is 11.8 Å². The van der Waals surface area contributed by atoms with E-state index in [9.17, 15) is 0 Å². The molecule has 0 saturated carbocycles. The van der Waals surface area contributed by atoms with E-state index in [-0.39, 0.29) is 6.04 Å². The lowest BCUT2D eigenvalue weighted by Crippen LogP contribution is -2.04. The minimum absolute atomic E-state index is 0.102. The van der Waals surface area contributed by atoms with E-state index in [1.807, 2.05) is 66.8 Å². The van der Waals surface area contributed by atoms with Crippen LogP contribution in [0, 0.1) is 0 Å². The average Bonchev–Trinajstić information content (AvgIpc) is 2.63. The fourth-order valence-electron chi connectivity index (χ4n) is 2.35. The van der Waals surface area contributed by atoms with Gasteiger partial charge in [-0.3, -0.25) is 0 Å². The Kier molecular flexibility index (Phi) is 4.87. The number of hydrogen-bond donors (Lipinski definition) is 1. The van der Waals surface area contributed by atoms with Gasteiger partial charge in [0.15, 0.2) is 0 Å². The lowest BCUT2D eigenvalue weighted by Gasteiger charge is -2.11. The quantitative estimate of drug-likeness (QED) is 0.641. The lowest BCUT2D eigenvalue weighted by molar-refractivity contribution is 0.415. The molecule has 0 spiro atoms. The molecular formula is C20H19N3O. The van der Waals surface area contributed by atoms with Crippen molar-refractivity contribution in [2.24, 2.45) is 10.2 Å². The van der Waals surface area contributed by atoms with E-state index in [0.29, 0.717) is 0 Å². The van der Waals surface area contributed by atoms with Crippen molar-refractivity contribution in [1.82, 2.24) is 0 Å². The van der Waals surface area contributed by atoms with Gasteiger partial charge in [0.25, 0.3) is 0 Å². The Balaban J connectivity index is 1.80. The second kappa shape index (κ2) is 7.42. The first-order chi connectivity index (χ1) is 11.7. The largest absolute Gasteiger partial charge is 0.497 e. The summed E-state index contributed by atoms with van der Waals surface area (Å²) in [6.45, 7) is 0. The molecule has 2 aromatic rings. The summed E-state index contributed by atoms with van der Waals surface area (Å²) in [5.74, 6) is 0.843. The first kappa shape index (κ1) is 15.7. The molecule has 0 amide bonds. The van der Waals surface area contributed by atoms with E-state index in [0.717, 1.165) is 28.3 Å². The molecule has 0 aliphatic heterocycles. The van der Waals surface area contributed by atoms with Crippen molar-refractivity contribution in [3.05, 3.63) is 84.0 Å². The average molecular weight is 317 g/mol. The van der Waals surface area contributed by atoms with Crippen molar-refractivity contribution in [3.63, 3.8) is 0 Å². The topological polar surface area (TPSA) is 60.0 Å². The molecule has 1 unspecified atom stereocenters. The van der Waals surface area contributed by atoms with Gasteiger partial charge in [-0.1, -0.05) is 36.4 Å². The minimum Gasteiger partial charge on any atom is -0.497 e. The Labute approximate surface area is 141 Å². The Morgan fingerprint density at radius 3 is 2.46 bits per heavy atom. The number of rotatable bonds is 4. The van der Waals surface area contributed by atoms with Crippen molar-refractivity contribution >= 4 is 17.5 Å². The number of hydrogen-bond acceptors (Lipinski definition) is 4. The molecule has 1 aliphatic carbocycles. The molecule has 2 N–H and O–H groups in total. The Hall–Kier alpha value is -3.14. The highest BCUT2D eigenvalue weighted by Crippen LogP contribution is 2.22. The third kappa shape index (κ3) is 3.98. The van der Waals surface area contributed by atoms with E-state index in [4.69, 9.17) is 10.5 Å². The second-order valence-electron chi connectivity index (χ2n) is 5.41. The summed E-state index contributed by atoms with van der Waals surface area (Å²) in [6, 6.07) is 15.2. The number of nitrogen functional groups attached to an aromatic ring is 1. The summed E-state index contributed by atoms with van der Waals surface area (Å²) in [4.78, 5) is 0. The molecule has 1 aliphatic rings. The summed E-state index contributed by atoms with van der Waals surface area (Å²) >= 11 is 0. The number of methoxy groups -OCH3 is 1. The van der Waals surface area contributed by atoms with Crippen molar-refractivity contribution in [2.45, 2.75) is 6.04 Å². The van der Waals surface area contributed by atoms with Crippen LogP contribution in [-0.2, 0) is 0 Å². The fraction of sp³-hybridized carbons (Fsp3) is 0.100. The SMILES string of the molecule is COc1ccc(C=C2C=CC=CC2N=Nc2ccc(N)cc2)cc1. The lowest BCUT2D eigenvalue weighted by atomic mass is 10.00. The van der Waals surface area contributed by atoms with Crippen molar-refractivity contribution in [1.29, 1.82) is 0 Å². The van der Waals surface area contributed by atoms with Crippen molar-refractivity contribution < 1.29 is 4.74 Å². The van der Waals surface area contributed by atoms with Crippen molar-refractivity contribution in [3.8, 4) is 5.75 Å². The molecule has 0 radical (unpaired) electrons. The number of benzene rings is 2. The predicted molar refractivity (Wildman–Crippen MR) is 98.4 cm³/mol. The number of ether oxygens (including phenoxy) is 1. The van der Waals surface area contributed by atoms with Crippen LogP contribution in [0.4, 0.5) is 11.4 Å². The van der Waals surface area contributed by atoms with E-state index in [1.165, 1.54) is 0 Å². The molecular weight excluding hydrogens is 298 g/mol. The number of anilines is 1. The predicted octanol–water partition coefficient (Wildman–Crippen LogP) is 4.94. The number of allylic oxidation sites excluding steroid dienone is 2. The molecule has 3 rings (SSSR count). The molecule has 1 atom stereocenters. The number of nitrogens with two attached hydrogens (primary N) is 1. The standard InChI is InChI=1S/C20H19N3O/c1-24-19-12-6-15(7-13-19)14-16-4-2-3-5-20(16)23-22-18-10-8-17(21)9-11-18/h2-14,20H,21H2,1H3.